The van der Waals surface area contributed by atoms with Crippen molar-refractivity contribution < 1.29 is 14.3 Å². The highest BCUT2D eigenvalue weighted by molar-refractivity contribution is 5.97. The van der Waals surface area contributed by atoms with Gasteiger partial charge in [-0.15, -0.1) is 0 Å². The molecule has 112 valence electrons. The Morgan fingerprint density at radius 3 is 2.55 bits per heavy atom. The van der Waals surface area contributed by atoms with Gasteiger partial charge in [0.05, 0.1) is 19.8 Å². The highest BCUT2D eigenvalue weighted by Crippen LogP contribution is 2.25. The van der Waals surface area contributed by atoms with E-state index in [1.807, 2.05) is 0 Å². The molecule has 0 aromatic heterocycles. The van der Waals surface area contributed by atoms with Crippen molar-refractivity contribution in [2.24, 2.45) is 5.73 Å². The third-order valence-electron chi connectivity index (χ3n) is 3.10. The van der Waals surface area contributed by atoms with Gasteiger partial charge in [0.2, 0.25) is 0 Å². The summed E-state index contributed by atoms with van der Waals surface area (Å²) in [5.74, 6) is 1.12. The van der Waals surface area contributed by atoms with E-state index in [9.17, 15) is 4.79 Å². The van der Waals surface area contributed by atoms with Gasteiger partial charge >= 0.3 is 0 Å². The van der Waals surface area contributed by atoms with Gasteiger partial charge in [0.15, 0.2) is 0 Å². The summed E-state index contributed by atoms with van der Waals surface area (Å²) in [7, 11) is 3.13. The number of carbonyl (C=O) groups excluding carboxylic acids is 1. The van der Waals surface area contributed by atoms with Crippen LogP contribution in [0.2, 0.25) is 0 Å². The van der Waals surface area contributed by atoms with Crippen LogP contribution in [0.5, 0.6) is 11.5 Å². The average Bonchev–Trinajstić information content (AvgIpc) is 2.50. The molecule has 0 unspecified atom stereocenters. The number of ether oxygens (including phenoxy) is 2. The zero-order valence-corrected chi connectivity index (χ0v) is 12.5. The first-order chi connectivity index (χ1) is 9.67. The lowest BCUT2D eigenvalue weighted by Crippen LogP contribution is -2.36. The summed E-state index contributed by atoms with van der Waals surface area (Å²) in [6.07, 6.45) is 1.99. The van der Waals surface area contributed by atoms with Crippen LogP contribution in [0, 0.1) is 0 Å². The molecule has 20 heavy (non-hydrogen) atoms. The summed E-state index contributed by atoms with van der Waals surface area (Å²) in [4.78, 5) is 14.4. The number of benzene rings is 1. The van der Waals surface area contributed by atoms with Crippen molar-refractivity contribution in [1.82, 2.24) is 4.90 Å². The van der Waals surface area contributed by atoms with Crippen LogP contribution >= 0.6 is 0 Å². The summed E-state index contributed by atoms with van der Waals surface area (Å²) >= 11 is 0. The topological polar surface area (TPSA) is 64.8 Å². The summed E-state index contributed by atoms with van der Waals surface area (Å²) in [5, 5.41) is 0. The molecule has 0 aliphatic carbocycles. The van der Waals surface area contributed by atoms with Crippen LogP contribution in [0.3, 0.4) is 0 Å². The van der Waals surface area contributed by atoms with Gasteiger partial charge < -0.3 is 20.1 Å². The number of amides is 1. The molecule has 0 bridgehead atoms. The van der Waals surface area contributed by atoms with Crippen LogP contribution in [-0.4, -0.2) is 44.7 Å². The third-order valence-corrected chi connectivity index (χ3v) is 3.10. The Hall–Kier alpha value is -1.75. The van der Waals surface area contributed by atoms with Gasteiger partial charge in [0, 0.05) is 19.6 Å². The fraction of sp³-hybridized carbons (Fsp3) is 0.533. The maximum atomic E-state index is 12.6. The summed E-state index contributed by atoms with van der Waals surface area (Å²) < 4.78 is 10.4. The lowest BCUT2D eigenvalue weighted by molar-refractivity contribution is 0.0754. The van der Waals surface area contributed by atoms with E-state index >= 15 is 0 Å². The van der Waals surface area contributed by atoms with E-state index in [1.165, 1.54) is 0 Å². The van der Waals surface area contributed by atoms with Crippen molar-refractivity contribution in [2.75, 3.05) is 33.9 Å². The standard InChI is InChI=1S/C15H24N2O3/c1-4-5-9-17(10-8-16)15(18)13-11-12(19-2)6-7-14(13)20-3/h6-7,11H,4-5,8-10,16H2,1-3H3. The Morgan fingerprint density at radius 1 is 1.25 bits per heavy atom. The molecule has 2 N–H and O–H groups in total. The first kappa shape index (κ1) is 16.3. The zero-order valence-electron chi connectivity index (χ0n) is 12.5. The minimum absolute atomic E-state index is 0.0698. The molecule has 5 heteroatoms. The van der Waals surface area contributed by atoms with Gasteiger partial charge in [-0.1, -0.05) is 13.3 Å². The lowest BCUT2D eigenvalue weighted by atomic mass is 10.1. The molecule has 0 radical (unpaired) electrons. The summed E-state index contributed by atoms with van der Waals surface area (Å²) in [6.45, 7) is 3.78. The molecule has 0 fully saturated rings. The number of methoxy groups -OCH3 is 2. The Balaban J connectivity index is 3.02. The number of nitrogens with zero attached hydrogens (tertiary/aromatic N) is 1. The molecule has 1 aromatic rings. The van der Waals surface area contributed by atoms with Crippen molar-refractivity contribution in [3.63, 3.8) is 0 Å². The van der Waals surface area contributed by atoms with Crippen LogP contribution in [0.4, 0.5) is 0 Å². The molecule has 1 aromatic carbocycles. The normalized spacial score (nSPS) is 10.2. The molecule has 0 aliphatic rings. The minimum atomic E-state index is -0.0698. The predicted octanol–water partition coefficient (Wildman–Crippen LogP) is 1.90. The van der Waals surface area contributed by atoms with E-state index in [0.717, 1.165) is 12.8 Å². The molecule has 0 atom stereocenters. The van der Waals surface area contributed by atoms with E-state index < -0.39 is 0 Å². The van der Waals surface area contributed by atoms with Crippen molar-refractivity contribution in [3.05, 3.63) is 23.8 Å². The highest BCUT2D eigenvalue weighted by Gasteiger charge is 2.19. The fourth-order valence-electron chi connectivity index (χ4n) is 1.97. The SMILES string of the molecule is CCCCN(CCN)C(=O)c1cc(OC)ccc1OC. The number of rotatable bonds is 8. The monoisotopic (exact) mass is 280 g/mol. The van der Waals surface area contributed by atoms with Crippen LogP contribution in [0.15, 0.2) is 18.2 Å². The van der Waals surface area contributed by atoms with E-state index in [0.29, 0.717) is 36.7 Å². The quantitative estimate of drug-likeness (QED) is 0.790. The van der Waals surface area contributed by atoms with Gasteiger partial charge in [-0.2, -0.15) is 0 Å². The number of unbranched alkanes of at least 4 members (excludes halogenated alkanes) is 1. The fourth-order valence-corrected chi connectivity index (χ4v) is 1.97. The summed E-state index contributed by atoms with van der Waals surface area (Å²) in [5.41, 5.74) is 6.10. The molecule has 1 amide bonds. The first-order valence-electron chi connectivity index (χ1n) is 6.89. The first-order valence-corrected chi connectivity index (χ1v) is 6.89. The summed E-state index contributed by atoms with van der Waals surface area (Å²) in [6, 6.07) is 5.22. The van der Waals surface area contributed by atoms with Crippen LogP contribution in [0.1, 0.15) is 30.1 Å². The zero-order chi connectivity index (χ0) is 15.0. The molecule has 1 rings (SSSR count). The van der Waals surface area contributed by atoms with Gasteiger partial charge in [0.1, 0.15) is 11.5 Å². The molecule has 0 saturated carbocycles. The Kier molecular flexibility index (Phi) is 6.87. The lowest BCUT2D eigenvalue weighted by Gasteiger charge is -2.23. The van der Waals surface area contributed by atoms with Crippen LogP contribution < -0.4 is 15.2 Å². The minimum Gasteiger partial charge on any atom is -0.497 e. The largest absolute Gasteiger partial charge is 0.497 e. The Labute approximate surface area is 120 Å². The average molecular weight is 280 g/mol. The van der Waals surface area contributed by atoms with Gasteiger partial charge in [-0.25, -0.2) is 0 Å². The molecular weight excluding hydrogens is 256 g/mol. The van der Waals surface area contributed by atoms with E-state index in [1.54, 1.807) is 37.3 Å². The predicted molar refractivity (Wildman–Crippen MR) is 79.4 cm³/mol. The van der Waals surface area contributed by atoms with Crippen LogP contribution in [-0.2, 0) is 0 Å². The van der Waals surface area contributed by atoms with E-state index in [2.05, 4.69) is 6.92 Å². The second-order valence-corrected chi connectivity index (χ2v) is 4.50. The maximum absolute atomic E-state index is 12.6. The molecule has 0 heterocycles. The number of carbonyl (C=O) groups is 1. The number of hydrogen-bond donors (Lipinski definition) is 1. The van der Waals surface area contributed by atoms with Gasteiger partial charge in [-0.05, 0) is 24.6 Å². The van der Waals surface area contributed by atoms with Gasteiger partial charge in [-0.3, -0.25) is 4.79 Å². The molecule has 0 spiro atoms. The van der Waals surface area contributed by atoms with E-state index in [-0.39, 0.29) is 5.91 Å². The Bertz CT molecular complexity index is 435. The van der Waals surface area contributed by atoms with Crippen molar-refractivity contribution in [1.29, 1.82) is 0 Å². The van der Waals surface area contributed by atoms with Crippen molar-refractivity contribution in [3.8, 4) is 11.5 Å². The van der Waals surface area contributed by atoms with Crippen molar-refractivity contribution in [2.45, 2.75) is 19.8 Å². The van der Waals surface area contributed by atoms with Crippen molar-refractivity contribution >= 4 is 5.91 Å². The molecular formula is C15H24N2O3. The second-order valence-electron chi connectivity index (χ2n) is 4.50. The van der Waals surface area contributed by atoms with Crippen LogP contribution in [0.25, 0.3) is 0 Å². The second kappa shape index (κ2) is 8.43. The smallest absolute Gasteiger partial charge is 0.257 e. The molecule has 5 nitrogen and oxygen atoms in total. The third kappa shape index (κ3) is 4.13. The molecule has 0 saturated heterocycles. The number of nitrogens with two attached hydrogens (primary N) is 1. The highest BCUT2D eigenvalue weighted by atomic mass is 16.5. The molecule has 0 aliphatic heterocycles. The number of hydrogen-bond acceptors (Lipinski definition) is 4. The van der Waals surface area contributed by atoms with E-state index in [4.69, 9.17) is 15.2 Å². The van der Waals surface area contributed by atoms with Gasteiger partial charge in [0.25, 0.3) is 5.91 Å². The Morgan fingerprint density at radius 2 is 2.00 bits per heavy atom. The maximum Gasteiger partial charge on any atom is 0.257 e.